The van der Waals surface area contributed by atoms with E-state index in [4.69, 9.17) is 45.1 Å². The van der Waals surface area contributed by atoms with Crippen LogP contribution < -0.4 is 5.73 Å². The number of rotatable bonds is 5. The Labute approximate surface area is 209 Å². The first-order valence-corrected chi connectivity index (χ1v) is 12.9. The van der Waals surface area contributed by atoms with Gasteiger partial charge in [-0.1, -0.05) is 23.7 Å². The molecule has 3 saturated heterocycles. The third kappa shape index (κ3) is 3.92. The Morgan fingerprint density at radius 1 is 1.33 bits per heavy atom. The molecule has 6 atom stereocenters. The third-order valence-electron chi connectivity index (χ3n) is 6.37. The highest BCUT2D eigenvalue weighted by molar-refractivity contribution is 7.48. The molecular formula is C21H21ClN5O8P. The normalized spacial score (nSPS) is 33.9. The summed E-state index contributed by atoms with van der Waals surface area (Å²) >= 11 is 6.08. The zero-order chi connectivity index (χ0) is 25.1. The molecule has 0 bridgehead atoms. The molecule has 0 unspecified atom stereocenters. The number of nitrogen functional groups attached to an aromatic ring is 1. The molecule has 190 valence electrons. The molecule has 0 radical (unpaired) electrons. The lowest BCUT2D eigenvalue weighted by molar-refractivity contribution is -0.0925. The summed E-state index contributed by atoms with van der Waals surface area (Å²) < 4.78 is 48.7. The summed E-state index contributed by atoms with van der Waals surface area (Å²) in [5, 5.41) is 0.533. The van der Waals surface area contributed by atoms with Crippen molar-refractivity contribution in [3.63, 3.8) is 0 Å². The van der Waals surface area contributed by atoms with Gasteiger partial charge in [-0.15, -0.1) is 0 Å². The van der Waals surface area contributed by atoms with Crippen molar-refractivity contribution in [2.24, 2.45) is 0 Å². The van der Waals surface area contributed by atoms with Crippen molar-refractivity contribution in [1.82, 2.24) is 19.5 Å². The van der Waals surface area contributed by atoms with Gasteiger partial charge in [-0.05, 0) is 24.6 Å². The van der Waals surface area contributed by atoms with Crippen LogP contribution >= 0.6 is 19.4 Å². The van der Waals surface area contributed by atoms with E-state index in [1.807, 2.05) is 6.07 Å². The molecule has 6 rings (SSSR count). The smallest absolute Gasteiger partial charge is 0.424 e. The van der Waals surface area contributed by atoms with Gasteiger partial charge < -0.3 is 19.9 Å². The van der Waals surface area contributed by atoms with Gasteiger partial charge in [0.25, 0.3) is 0 Å². The molecule has 15 heteroatoms. The van der Waals surface area contributed by atoms with E-state index in [1.165, 1.54) is 12.7 Å². The summed E-state index contributed by atoms with van der Waals surface area (Å²) in [6.07, 6.45) is -0.807. The van der Waals surface area contributed by atoms with Crippen molar-refractivity contribution < 1.29 is 37.1 Å². The molecule has 13 nitrogen and oxygen atoms in total. The number of carbonyl (C=O) groups is 1. The van der Waals surface area contributed by atoms with Crippen LogP contribution in [0.3, 0.4) is 0 Å². The van der Waals surface area contributed by atoms with Crippen LogP contribution in [0.2, 0.25) is 5.02 Å². The quantitative estimate of drug-likeness (QED) is 0.373. The Morgan fingerprint density at radius 3 is 3.03 bits per heavy atom. The maximum Gasteiger partial charge on any atom is 0.509 e. The summed E-state index contributed by atoms with van der Waals surface area (Å²) in [5.41, 5.74) is 6.15. The molecule has 1 aromatic carbocycles. The first-order valence-electron chi connectivity index (χ1n) is 11.1. The van der Waals surface area contributed by atoms with Crippen LogP contribution in [0, 0.1) is 0 Å². The molecule has 3 aromatic rings. The molecule has 2 N–H and O–H groups in total. The van der Waals surface area contributed by atoms with E-state index >= 15 is 0 Å². The Hall–Kier alpha value is -2.80. The molecule has 2 aromatic heterocycles. The number of nitrogens with zero attached hydrogens (tertiary/aromatic N) is 4. The van der Waals surface area contributed by atoms with Crippen molar-refractivity contribution in [3.8, 4) is 0 Å². The van der Waals surface area contributed by atoms with Gasteiger partial charge in [0.05, 0.1) is 25.6 Å². The second-order valence-electron chi connectivity index (χ2n) is 8.70. The first kappa shape index (κ1) is 23.6. The van der Waals surface area contributed by atoms with E-state index < -0.39 is 44.1 Å². The molecule has 0 spiro atoms. The number of halogens is 1. The molecule has 3 aliphatic heterocycles. The zero-order valence-electron chi connectivity index (χ0n) is 18.9. The van der Waals surface area contributed by atoms with Crippen LogP contribution in [-0.2, 0) is 32.3 Å². The number of ether oxygens (including phenoxy) is 3. The Bertz CT molecular complexity index is 1390. The number of anilines is 1. The monoisotopic (exact) mass is 537 g/mol. The Morgan fingerprint density at radius 2 is 2.19 bits per heavy atom. The second-order valence-corrected chi connectivity index (χ2v) is 10.8. The van der Waals surface area contributed by atoms with Gasteiger partial charge in [0.2, 0.25) is 0 Å². The second kappa shape index (κ2) is 8.65. The number of phosphoric acid groups is 1. The summed E-state index contributed by atoms with van der Waals surface area (Å²) in [7, 11) is -3.96. The fraction of sp³-hybridized carbons (Fsp3) is 0.429. The molecule has 0 aliphatic carbocycles. The van der Waals surface area contributed by atoms with E-state index in [0.717, 1.165) is 5.56 Å². The predicted octanol–water partition coefficient (Wildman–Crippen LogP) is 3.56. The maximum absolute atomic E-state index is 13.3. The van der Waals surface area contributed by atoms with Crippen molar-refractivity contribution >= 4 is 42.6 Å². The summed E-state index contributed by atoms with van der Waals surface area (Å²) in [5.74, 6) is 0.192. The highest BCUT2D eigenvalue weighted by Gasteiger charge is 2.64. The number of hydrogen-bond donors (Lipinski definition) is 1. The fourth-order valence-electron chi connectivity index (χ4n) is 4.68. The molecule has 5 heterocycles. The minimum absolute atomic E-state index is 0.157. The van der Waals surface area contributed by atoms with Gasteiger partial charge in [0.1, 0.15) is 17.9 Å². The van der Waals surface area contributed by atoms with Gasteiger partial charge in [-0.2, -0.15) is 0 Å². The SMILES string of the molecule is C[C@@]12OC(=O)O[C@@H]1[C@@H](CO[P@@]1(=O)OCC[C@@H](c3cccc(Cl)c3)O1)O[C@H]2n1cnc2c(N)ncnc21. The van der Waals surface area contributed by atoms with E-state index in [1.54, 1.807) is 29.7 Å². The first-order chi connectivity index (χ1) is 17.3. The van der Waals surface area contributed by atoms with Crippen LogP contribution in [0.4, 0.5) is 10.6 Å². The molecular weight excluding hydrogens is 517 g/mol. The summed E-state index contributed by atoms with van der Waals surface area (Å²) in [6.45, 7) is 1.55. The van der Waals surface area contributed by atoms with Gasteiger partial charge in [-0.3, -0.25) is 18.1 Å². The van der Waals surface area contributed by atoms with Crippen molar-refractivity contribution in [3.05, 3.63) is 47.5 Å². The number of phosphoric ester groups is 1. The van der Waals surface area contributed by atoms with Crippen LogP contribution in [0.1, 0.15) is 31.2 Å². The van der Waals surface area contributed by atoms with Crippen LogP contribution in [-0.4, -0.2) is 56.7 Å². The average Bonchev–Trinajstić information content (AvgIpc) is 3.48. The number of benzene rings is 1. The van der Waals surface area contributed by atoms with Crippen LogP contribution in [0.15, 0.2) is 36.9 Å². The van der Waals surface area contributed by atoms with Crippen molar-refractivity contribution in [1.29, 1.82) is 0 Å². The van der Waals surface area contributed by atoms with Gasteiger partial charge >= 0.3 is 14.0 Å². The largest absolute Gasteiger partial charge is 0.509 e. The van der Waals surface area contributed by atoms with E-state index in [0.29, 0.717) is 22.6 Å². The van der Waals surface area contributed by atoms with Gasteiger partial charge in [0, 0.05) is 11.4 Å². The van der Waals surface area contributed by atoms with Crippen molar-refractivity contribution in [2.45, 2.75) is 43.5 Å². The zero-order valence-corrected chi connectivity index (χ0v) is 20.5. The minimum atomic E-state index is -3.96. The highest BCUT2D eigenvalue weighted by atomic mass is 35.5. The summed E-state index contributed by atoms with van der Waals surface area (Å²) in [6, 6.07) is 7.07. The molecule has 0 saturated carbocycles. The standard InChI is InChI=1S/C21H21ClN5O8P/c1-21-16(33-20(28)34-21)14(32-19(21)27-10-26-15-17(23)24-9-25-18(15)27)8-31-36(29)30-6-5-13(35-36)11-3-2-4-12(22)7-11/h2-4,7,9-10,13-14,16,19H,5-6,8H2,1H3,(H2,23,24,25)/t13-,14+,16+,19+,21+,36+/m0/s1. The van der Waals surface area contributed by atoms with Crippen molar-refractivity contribution in [2.75, 3.05) is 18.9 Å². The number of aromatic nitrogens is 4. The van der Waals surface area contributed by atoms with Crippen LogP contribution in [0.25, 0.3) is 11.2 Å². The maximum atomic E-state index is 13.3. The van der Waals surface area contributed by atoms with Gasteiger partial charge in [-0.25, -0.2) is 24.3 Å². The molecule has 3 aliphatic rings. The topological polar surface area (TPSA) is 159 Å². The minimum Gasteiger partial charge on any atom is -0.424 e. The highest BCUT2D eigenvalue weighted by Crippen LogP contribution is 2.58. The lowest BCUT2D eigenvalue weighted by atomic mass is 9.96. The lowest BCUT2D eigenvalue weighted by Gasteiger charge is -2.30. The molecule has 36 heavy (non-hydrogen) atoms. The average molecular weight is 538 g/mol. The van der Waals surface area contributed by atoms with E-state index in [-0.39, 0.29) is 19.0 Å². The number of hydrogen-bond acceptors (Lipinski definition) is 12. The number of carbonyl (C=O) groups excluding carboxylic acids is 1. The summed E-state index contributed by atoms with van der Waals surface area (Å²) in [4.78, 5) is 24.5. The van der Waals surface area contributed by atoms with Gasteiger partial charge in [0.15, 0.2) is 29.4 Å². The molecule has 0 amide bonds. The van der Waals surface area contributed by atoms with E-state index in [9.17, 15) is 9.36 Å². The number of imidazole rings is 1. The van der Waals surface area contributed by atoms with E-state index in [2.05, 4.69) is 15.0 Å². The number of nitrogens with two attached hydrogens (primary N) is 1. The lowest BCUT2D eigenvalue weighted by Crippen LogP contribution is -2.42. The predicted molar refractivity (Wildman–Crippen MR) is 123 cm³/mol. The fourth-order valence-corrected chi connectivity index (χ4v) is 6.27. The molecule has 3 fully saturated rings. The third-order valence-corrected chi connectivity index (χ3v) is 8.08. The Balaban J connectivity index is 1.23. The van der Waals surface area contributed by atoms with Crippen LogP contribution in [0.5, 0.6) is 0 Å². The number of fused-ring (bicyclic) bond motifs is 2. The Kier molecular flexibility index (Phi) is 5.67.